The number of hydrogen-bond acceptors (Lipinski definition) is 4. The first-order valence-corrected chi connectivity index (χ1v) is 7.90. The summed E-state index contributed by atoms with van der Waals surface area (Å²) in [5.74, 6) is -2.76. The summed E-state index contributed by atoms with van der Waals surface area (Å²) in [6, 6.07) is 11.1. The maximum atomic E-state index is 10.6. The van der Waals surface area contributed by atoms with Gasteiger partial charge in [0.2, 0.25) is 0 Å². The monoisotopic (exact) mass is 363 g/mol. The van der Waals surface area contributed by atoms with Crippen LogP contribution in [0.3, 0.4) is 0 Å². The lowest BCUT2D eigenvalue weighted by Crippen LogP contribution is -2.36. The van der Waals surface area contributed by atoms with Crippen LogP contribution in [0.4, 0.5) is 13.2 Å². The summed E-state index contributed by atoms with van der Waals surface area (Å²) in [5, 5.41) is 7.12. The minimum Gasteiger partial charge on any atom is -0.475 e. The zero-order valence-electron chi connectivity index (χ0n) is 14.3. The van der Waals surface area contributed by atoms with E-state index in [4.69, 9.17) is 19.4 Å². The van der Waals surface area contributed by atoms with Crippen LogP contribution in [-0.2, 0) is 20.7 Å². The second-order valence-electron chi connectivity index (χ2n) is 5.73. The Balaban J connectivity index is 0.000000381. The number of rotatable bonds is 6. The largest absolute Gasteiger partial charge is 0.490 e. The second-order valence-corrected chi connectivity index (χ2v) is 5.73. The summed E-state index contributed by atoms with van der Waals surface area (Å²) in [6.45, 7) is 2.49. The number of ether oxygens (including phenoxy) is 2. The highest BCUT2D eigenvalue weighted by atomic mass is 19.4. The van der Waals surface area contributed by atoms with Crippen molar-refractivity contribution < 1.29 is 32.5 Å². The fourth-order valence-corrected chi connectivity index (χ4v) is 2.59. The fourth-order valence-electron chi connectivity index (χ4n) is 2.59. The standard InChI is InChI=1S/C15H23NO2.C2HF3O2/c1-16-9-8-15(18-11-10-17-2)14(16)12-13-6-4-3-5-7-13;3-2(4,5)1(6)7/h3-7,14-15H,8-12H2,1-2H3;(H,6,7)/t14-,15-;/m0./s1. The van der Waals surface area contributed by atoms with Crippen LogP contribution in [0, 0.1) is 0 Å². The van der Waals surface area contributed by atoms with Gasteiger partial charge in [-0.15, -0.1) is 0 Å². The first-order valence-electron chi connectivity index (χ1n) is 7.90. The zero-order chi connectivity index (χ0) is 18.9. The molecule has 142 valence electrons. The molecule has 0 amide bonds. The van der Waals surface area contributed by atoms with Crippen molar-refractivity contribution in [2.24, 2.45) is 0 Å². The summed E-state index contributed by atoms with van der Waals surface area (Å²) < 4.78 is 42.7. The predicted molar refractivity (Wildman–Crippen MR) is 86.5 cm³/mol. The van der Waals surface area contributed by atoms with E-state index < -0.39 is 12.1 Å². The van der Waals surface area contributed by atoms with E-state index in [1.165, 1.54) is 5.56 Å². The predicted octanol–water partition coefficient (Wildman–Crippen LogP) is 2.60. The van der Waals surface area contributed by atoms with Crippen LogP contribution in [0.15, 0.2) is 30.3 Å². The fraction of sp³-hybridized carbons (Fsp3) is 0.588. The topological polar surface area (TPSA) is 59.0 Å². The Hall–Kier alpha value is -1.64. The Morgan fingerprint density at radius 3 is 2.40 bits per heavy atom. The molecular formula is C17H24F3NO4. The highest BCUT2D eigenvalue weighted by Crippen LogP contribution is 2.22. The molecule has 1 saturated heterocycles. The van der Waals surface area contributed by atoms with Gasteiger partial charge in [0.1, 0.15) is 0 Å². The van der Waals surface area contributed by atoms with E-state index in [0.29, 0.717) is 25.4 Å². The summed E-state index contributed by atoms with van der Waals surface area (Å²) in [4.78, 5) is 11.3. The molecule has 8 heteroatoms. The van der Waals surface area contributed by atoms with Gasteiger partial charge in [-0.05, 0) is 25.5 Å². The van der Waals surface area contributed by atoms with E-state index in [0.717, 1.165) is 19.4 Å². The number of methoxy groups -OCH3 is 1. The molecule has 0 unspecified atom stereocenters. The van der Waals surface area contributed by atoms with Crippen LogP contribution in [0.5, 0.6) is 0 Å². The van der Waals surface area contributed by atoms with Crippen molar-refractivity contribution in [3.63, 3.8) is 0 Å². The Morgan fingerprint density at radius 1 is 1.28 bits per heavy atom. The Morgan fingerprint density at radius 2 is 1.88 bits per heavy atom. The van der Waals surface area contributed by atoms with E-state index >= 15 is 0 Å². The molecule has 1 fully saturated rings. The van der Waals surface area contributed by atoms with Crippen molar-refractivity contribution in [1.29, 1.82) is 0 Å². The highest BCUT2D eigenvalue weighted by Gasteiger charge is 2.38. The second kappa shape index (κ2) is 10.4. The number of alkyl halides is 3. The molecular weight excluding hydrogens is 339 g/mol. The van der Waals surface area contributed by atoms with Crippen LogP contribution in [-0.4, -0.2) is 68.2 Å². The maximum absolute atomic E-state index is 10.6. The van der Waals surface area contributed by atoms with Gasteiger partial charge in [-0.3, -0.25) is 0 Å². The third kappa shape index (κ3) is 7.85. The molecule has 1 heterocycles. The molecule has 1 aromatic carbocycles. The lowest BCUT2D eigenvalue weighted by molar-refractivity contribution is -0.192. The normalized spacial score (nSPS) is 20.8. The van der Waals surface area contributed by atoms with E-state index in [-0.39, 0.29) is 0 Å². The van der Waals surface area contributed by atoms with Crippen molar-refractivity contribution in [3.05, 3.63) is 35.9 Å². The van der Waals surface area contributed by atoms with Crippen molar-refractivity contribution in [2.45, 2.75) is 31.2 Å². The number of halogens is 3. The molecule has 0 radical (unpaired) electrons. The van der Waals surface area contributed by atoms with E-state index in [1.54, 1.807) is 7.11 Å². The van der Waals surface area contributed by atoms with Crippen LogP contribution in [0.2, 0.25) is 0 Å². The Kier molecular flexibility index (Phi) is 8.88. The van der Waals surface area contributed by atoms with Crippen molar-refractivity contribution in [1.82, 2.24) is 4.90 Å². The lowest BCUT2D eigenvalue weighted by Gasteiger charge is -2.25. The third-order valence-corrected chi connectivity index (χ3v) is 3.91. The van der Waals surface area contributed by atoms with Crippen molar-refractivity contribution >= 4 is 5.97 Å². The molecule has 5 nitrogen and oxygen atoms in total. The minimum absolute atomic E-state index is 0.338. The van der Waals surface area contributed by atoms with E-state index in [2.05, 4.69) is 42.3 Å². The molecule has 0 aromatic heterocycles. The van der Waals surface area contributed by atoms with E-state index in [1.807, 2.05) is 0 Å². The summed E-state index contributed by atoms with van der Waals surface area (Å²) >= 11 is 0. The molecule has 1 aliphatic heterocycles. The van der Waals surface area contributed by atoms with Crippen LogP contribution in [0.1, 0.15) is 12.0 Å². The number of nitrogens with zero attached hydrogens (tertiary/aromatic N) is 1. The maximum Gasteiger partial charge on any atom is 0.490 e. The molecule has 1 aliphatic rings. The van der Waals surface area contributed by atoms with Crippen LogP contribution >= 0.6 is 0 Å². The SMILES string of the molecule is COCCO[C@H]1CCN(C)[C@H]1Cc1ccccc1.O=C(O)C(F)(F)F. The zero-order valence-corrected chi connectivity index (χ0v) is 14.3. The minimum atomic E-state index is -5.08. The first kappa shape index (κ1) is 21.4. The van der Waals surface area contributed by atoms with E-state index in [9.17, 15) is 13.2 Å². The molecule has 1 N–H and O–H groups in total. The quantitative estimate of drug-likeness (QED) is 0.788. The van der Waals surface area contributed by atoms with Gasteiger partial charge in [0.15, 0.2) is 0 Å². The third-order valence-electron chi connectivity index (χ3n) is 3.91. The smallest absolute Gasteiger partial charge is 0.475 e. The molecule has 2 rings (SSSR count). The molecule has 1 aromatic rings. The molecule has 0 spiro atoms. The van der Waals surface area contributed by atoms with Gasteiger partial charge in [0.25, 0.3) is 0 Å². The number of likely N-dealkylation sites (N-methyl/N-ethyl adjacent to an activating group) is 1. The number of carboxylic acid groups (broad SMARTS) is 1. The number of likely N-dealkylation sites (tertiary alicyclic amines) is 1. The van der Waals surface area contributed by atoms with Gasteiger partial charge < -0.3 is 19.5 Å². The summed E-state index contributed by atoms with van der Waals surface area (Å²) in [5.41, 5.74) is 1.39. The lowest BCUT2D eigenvalue weighted by atomic mass is 10.0. The summed E-state index contributed by atoms with van der Waals surface area (Å²) in [7, 11) is 3.90. The highest BCUT2D eigenvalue weighted by molar-refractivity contribution is 5.73. The number of hydrogen-bond donors (Lipinski definition) is 1. The van der Waals surface area contributed by atoms with Crippen LogP contribution < -0.4 is 0 Å². The number of aliphatic carboxylic acids is 1. The van der Waals surface area contributed by atoms with Gasteiger partial charge in [0.05, 0.1) is 19.3 Å². The molecule has 0 bridgehead atoms. The summed E-state index contributed by atoms with van der Waals surface area (Å²) in [6.07, 6.45) is -2.56. The van der Waals surface area contributed by atoms with Gasteiger partial charge in [-0.1, -0.05) is 30.3 Å². The Labute approximate surface area is 145 Å². The van der Waals surface area contributed by atoms with Crippen molar-refractivity contribution in [3.8, 4) is 0 Å². The van der Waals surface area contributed by atoms with Gasteiger partial charge in [-0.25, -0.2) is 4.79 Å². The first-order chi connectivity index (χ1) is 11.8. The van der Waals surface area contributed by atoms with Gasteiger partial charge in [-0.2, -0.15) is 13.2 Å². The van der Waals surface area contributed by atoms with Gasteiger partial charge >= 0.3 is 12.1 Å². The average Bonchev–Trinajstić information content (AvgIpc) is 2.89. The number of carboxylic acids is 1. The van der Waals surface area contributed by atoms with Gasteiger partial charge in [0, 0.05) is 19.7 Å². The molecule has 0 aliphatic carbocycles. The number of carbonyl (C=O) groups is 1. The molecule has 2 atom stereocenters. The van der Waals surface area contributed by atoms with Crippen LogP contribution in [0.25, 0.3) is 0 Å². The average molecular weight is 363 g/mol. The number of benzene rings is 1. The molecule has 25 heavy (non-hydrogen) atoms. The molecule has 0 saturated carbocycles. The Bertz CT molecular complexity index is 510. The van der Waals surface area contributed by atoms with Crippen molar-refractivity contribution in [2.75, 3.05) is 33.9 Å².